The number of nitrogen functional groups attached to an aromatic ring is 2. The second-order valence-corrected chi connectivity index (χ2v) is 2.31. The fourth-order valence-corrected chi connectivity index (χ4v) is 1.10. The van der Waals surface area contributed by atoms with Crippen LogP contribution >= 0.6 is 0 Å². The van der Waals surface area contributed by atoms with Crippen LogP contribution in [0, 0.1) is 0 Å². The Bertz CT molecular complexity index is 411. The number of hydrogen-bond acceptors (Lipinski definition) is 5. The molecule has 2 aromatic heterocycles. The quantitative estimate of drug-likeness (QED) is 0.499. The molecule has 0 radical (unpaired) electrons. The molecule has 7 heteroatoms. The van der Waals surface area contributed by atoms with Crippen LogP contribution in [0.2, 0.25) is 0 Å². The van der Waals surface area contributed by atoms with Crippen molar-refractivity contribution in [1.82, 2.24) is 19.5 Å². The number of aromatic nitrogens is 4. The van der Waals surface area contributed by atoms with Crippen LogP contribution in [-0.2, 0) is 0 Å². The third-order valence-electron chi connectivity index (χ3n) is 1.62. The summed E-state index contributed by atoms with van der Waals surface area (Å²) in [5.41, 5.74) is 14.6. The predicted octanol–water partition coefficient (Wildman–Crippen LogP) is -1.13. The number of nitrogens with one attached hydrogen (secondary N) is 1. The number of nitrogens with two attached hydrogens (primary N) is 2. The van der Waals surface area contributed by atoms with E-state index in [9.17, 15) is 0 Å². The first-order chi connectivity index (χ1) is 5.74. The summed E-state index contributed by atoms with van der Waals surface area (Å²) < 4.78 is 1.58. The van der Waals surface area contributed by atoms with Gasteiger partial charge in [-0.1, -0.05) is 0 Å². The molecule has 0 saturated carbocycles. The summed E-state index contributed by atoms with van der Waals surface area (Å²) in [6.45, 7) is 0. The molecule has 7 nitrogen and oxygen atoms in total. The summed E-state index contributed by atoms with van der Waals surface area (Å²) in [4.78, 5) is 5.33. The topological polar surface area (TPSA) is 99.2 Å². The minimum Gasteiger partial charge on any atom is -0.382 e. The minimum atomic E-state index is 0.314. The number of anilines is 2. The van der Waals surface area contributed by atoms with E-state index in [1.165, 1.54) is 4.91 Å². The van der Waals surface area contributed by atoms with Crippen molar-refractivity contribution in [2.75, 3.05) is 23.9 Å². The van der Waals surface area contributed by atoms with Crippen molar-refractivity contribution in [2.24, 2.45) is 0 Å². The van der Waals surface area contributed by atoms with Crippen molar-refractivity contribution >= 4 is 17.3 Å². The van der Waals surface area contributed by atoms with Gasteiger partial charge in [-0.2, -0.15) is 9.50 Å². The highest BCUT2D eigenvalue weighted by Gasteiger charge is 2.09. The number of fused-ring (bicyclic) bond motifs is 1. The first-order valence-corrected chi connectivity index (χ1v) is 3.39. The summed E-state index contributed by atoms with van der Waals surface area (Å²) in [7, 11) is 1.72. The molecule has 5 N–H and O–H groups in total. The molecule has 0 bridgehead atoms. The lowest BCUT2D eigenvalue weighted by atomic mass is 10.6. The van der Waals surface area contributed by atoms with Gasteiger partial charge in [0.25, 0.3) is 0 Å². The van der Waals surface area contributed by atoms with Gasteiger partial charge in [0.05, 0.1) is 6.20 Å². The summed E-state index contributed by atoms with van der Waals surface area (Å²) in [5, 5.41) is 3.96. The van der Waals surface area contributed by atoms with Gasteiger partial charge in [-0.05, 0) is 0 Å². The molecule has 0 aromatic carbocycles. The number of hydrogen-bond donors (Lipinski definition) is 3. The molecule has 0 atom stereocenters. The largest absolute Gasteiger partial charge is 0.382 e. The van der Waals surface area contributed by atoms with Crippen LogP contribution in [0.3, 0.4) is 0 Å². The van der Waals surface area contributed by atoms with Crippen LogP contribution in [-0.4, -0.2) is 26.6 Å². The third-order valence-corrected chi connectivity index (χ3v) is 1.62. The number of nitrogens with zero attached hydrogens (tertiary/aromatic N) is 4. The van der Waals surface area contributed by atoms with Crippen LogP contribution in [0.4, 0.5) is 11.8 Å². The molecule has 0 aliphatic heterocycles. The maximum absolute atomic E-state index is 5.57. The van der Waals surface area contributed by atoms with Gasteiger partial charge in [0.1, 0.15) is 5.52 Å². The molecule has 2 aromatic rings. The highest BCUT2D eigenvalue weighted by molar-refractivity contribution is 5.67. The SMILES string of the molecule is CNn1ncc2c(N)nc(N)n21. The molecule has 64 valence electrons. The zero-order valence-electron chi connectivity index (χ0n) is 6.52. The summed E-state index contributed by atoms with van der Waals surface area (Å²) >= 11 is 0. The van der Waals surface area contributed by atoms with Gasteiger partial charge in [0.15, 0.2) is 5.82 Å². The van der Waals surface area contributed by atoms with Gasteiger partial charge >= 0.3 is 0 Å². The van der Waals surface area contributed by atoms with Crippen molar-refractivity contribution in [1.29, 1.82) is 0 Å². The Morgan fingerprint density at radius 1 is 1.50 bits per heavy atom. The lowest BCUT2D eigenvalue weighted by Gasteiger charge is -1.99. The van der Waals surface area contributed by atoms with E-state index in [1.54, 1.807) is 17.8 Å². The zero-order chi connectivity index (χ0) is 8.72. The number of rotatable bonds is 1. The van der Waals surface area contributed by atoms with Gasteiger partial charge in [-0.3, -0.25) is 5.43 Å². The van der Waals surface area contributed by atoms with Gasteiger partial charge in [-0.15, -0.1) is 10.0 Å². The Kier molecular flexibility index (Phi) is 1.15. The van der Waals surface area contributed by atoms with E-state index in [0.717, 1.165) is 0 Å². The van der Waals surface area contributed by atoms with Gasteiger partial charge in [0, 0.05) is 7.05 Å². The van der Waals surface area contributed by atoms with Crippen molar-refractivity contribution < 1.29 is 0 Å². The lowest BCUT2D eigenvalue weighted by Crippen LogP contribution is -2.17. The average molecular weight is 167 g/mol. The van der Waals surface area contributed by atoms with Crippen molar-refractivity contribution in [3.05, 3.63) is 6.20 Å². The molecular weight excluding hydrogens is 158 g/mol. The van der Waals surface area contributed by atoms with E-state index in [-0.39, 0.29) is 0 Å². The van der Waals surface area contributed by atoms with Crippen molar-refractivity contribution in [3.63, 3.8) is 0 Å². The van der Waals surface area contributed by atoms with Crippen molar-refractivity contribution in [3.8, 4) is 0 Å². The summed E-state index contributed by atoms with van der Waals surface area (Å²) in [6, 6.07) is 0. The molecule has 0 amide bonds. The average Bonchev–Trinajstić information content (AvgIpc) is 2.55. The Balaban J connectivity index is 2.84. The molecule has 0 unspecified atom stereocenters. The molecule has 2 heterocycles. The monoisotopic (exact) mass is 167 g/mol. The fourth-order valence-electron chi connectivity index (χ4n) is 1.10. The third kappa shape index (κ3) is 0.644. The summed E-state index contributed by atoms with van der Waals surface area (Å²) in [6.07, 6.45) is 1.59. The lowest BCUT2D eigenvalue weighted by molar-refractivity contribution is 0.627. The molecule has 0 fully saturated rings. The molecule has 0 spiro atoms. The smallest absolute Gasteiger partial charge is 0.225 e. The Morgan fingerprint density at radius 3 is 2.92 bits per heavy atom. The van der Waals surface area contributed by atoms with Crippen LogP contribution in [0.1, 0.15) is 0 Å². The van der Waals surface area contributed by atoms with Crippen LogP contribution in [0.15, 0.2) is 6.20 Å². The standard InChI is InChI=1S/C5H9N7/c1-8-12-9-2-3-4(6)10-5(7)11(3)12/h2,8H,6H2,1H3,(H2,7,10). The van der Waals surface area contributed by atoms with Gasteiger partial charge in [0.2, 0.25) is 5.95 Å². The Labute approximate surface area is 67.9 Å². The number of imidazole rings is 1. The Hall–Kier alpha value is -1.92. The molecule has 12 heavy (non-hydrogen) atoms. The van der Waals surface area contributed by atoms with Crippen LogP contribution < -0.4 is 16.9 Å². The van der Waals surface area contributed by atoms with E-state index in [0.29, 0.717) is 17.3 Å². The zero-order valence-corrected chi connectivity index (χ0v) is 6.52. The first kappa shape index (κ1) is 6.77. The van der Waals surface area contributed by atoms with E-state index >= 15 is 0 Å². The van der Waals surface area contributed by atoms with Gasteiger partial charge in [-0.25, -0.2) is 0 Å². The maximum Gasteiger partial charge on any atom is 0.225 e. The predicted molar refractivity (Wildman–Crippen MR) is 45.1 cm³/mol. The van der Waals surface area contributed by atoms with E-state index in [1.807, 2.05) is 0 Å². The highest BCUT2D eigenvalue weighted by Crippen LogP contribution is 2.14. The second-order valence-electron chi connectivity index (χ2n) is 2.31. The van der Waals surface area contributed by atoms with Crippen LogP contribution in [0.5, 0.6) is 0 Å². The van der Waals surface area contributed by atoms with E-state index < -0.39 is 0 Å². The second kappa shape index (κ2) is 2.03. The fraction of sp³-hybridized carbons (Fsp3) is 0.200. The maximum atomic E-state index is 5.57. The Morgan fingerprint density at radius 2 is 2.25 bits per heavy atom. The normalized spacial score (nSPS) is 10.8. The minimum absolute atomic E-state index is 0.314. The molecule has 0 saturated heterocycles. The summed E-state index contributed by atoms with van der Waals surface area (Å²) in [5.74, 6) is 0.698. The molecule has 0 aliphatic rings. The van der Waals surface area contributed by atoms with Gasteiger partial charge < -0.3 is 11.5 Å². The van der Waals surface area contributed by atoms with E-state index in [4.69, 9.17) is 11.5 Å². The highest BCUT2D eigenvalue weighted by atomic mass is 15.7. The first-order valence-electron chi connectivity index (χ1n) is 3.39. The molecule has 2 rings (SSSR count). The van der Waals surface area contributed by atoms with Crippen LogP contribution in [0.25, 0.3) is 5.52 Å². The molecular formula is C5H9N7. The van der Waals surface area contributed by atoms with Crippen molar-refractivity contribution in [2.45, 2.75) is 0 Å². The molecule has 0 aliphatic carbocycles. The van der Waals surface area contributed by atoms with E-state index in [2.05, 4.69) is 15.5 Å².